The lowest BCUT2D eigenvalue weighted by Crippen LogP contribution is -2.41. The largest absolute Gasteiger partial charge is 0.334 e. The van der Waals surface area contributed by atoms with Gasteiger partial charge in [-0.1, -0.05) is 19.9 Å². The summed E-state index contributed by atoms with van der Waals surface area (Å²) in [5, 5.41) is 3.12. The number of hydrogen-bond donors (Lipinski definition) is 1. The number of aryl methyl sites for hydroxylation is 1. The van der Waals surface area contributed by atoms with Crippen LogP contribution in [0.25, 0.3) is 0 Å². The number of hydrogen-bond acceptors (Lipinski definition) is 4. The monoisotopic (exact) mass is 367 g/mol. The molecule has 0 bridgehead atoms. The van der Waals surface area contributed by atoms with E-state index in [9.17, 15) is 13.2 Å². The molecule has 1 aliphatic heterocycles. The number of likely N-dealkylation sites (tertiary alicyclic amines) is 1. The maximum absolute atomic E-state index is 12.9. The van der Waals surface area contributed by atoms with Gasteiger partial charge in [-0.15, -0.1) is 0 Å². The fraction of sp³-hybridized carbons (Fsp3) is 0.611. The first kappa shape index (κ1) is 19.9. The predicted molar refractivity (Wildman–Crippen MR) is 99.3 cm³/mol. The van der Waals surface area contributed by atoms with Crippen molar-refractivity contribution in [2.45, 2.75) is 44.6 Å². The number of rotatable bonds is 7. The minimum Gasteiger partial charge on any atom is -0.334 e. The SMILES string of the molecule is CCN(CC)S(=O)(=O)c1cc(C(=O)N2CCCC2CNC)ccc1C. The van der Waals surface area contributed by atoms with E-state index in [0.29, 0.717) is 24.2 Å². The summed E-state index contributed by atoms with van der Waals surface area (Å²) in [5.41, 5.74) is 1.11. The molecule has 25 heavy (non-hydrogen) atoms. The van der Waals surface area contributed by atoms with Crippen molar-refractivity contribution in [2.24, 2.45) is 0 Å². The van der Waals surface area contributed by atoms with Crippen molar-refractivity contribution >= 4 is 15.9 Å². The van der Waals surface area contributed by atoms with Gasteiger partial charge in [0.25, 0.3) is 5.91 Å². The Morgan fingerprint density at radius 1 is 1.32 bits per heavy atom. The highest BCUT2D eigenvalue weighted by Gasteiger charge is 2.30. The van der Waals surface area contributed by atoms with E-state index in [1.54, 1.807) is 25.1 Å². The number of carbonyl (C=O) groups is 1. The average molecular weight is 368 g/mol. The topological polar surface area (TPSA) is 69.7 Å². The first-order valence-electron chi connectivity index (χ1n) is 8.93. The molecule has 1 aliphatic rings. The second-order valence-electron chi connectivity index (χ2n) is 6.42. The molecular weight excluding hydrogens is 338 g/mol. The van der Waals surface area contributed by atoms with E-state index >= 15 is 0 Å². The highest BCUT2D eigenvalue weighted by atomic mass is 32.2. The molecule has 0 saturated carbocycles. The van der Waals surface area contributed by atoms with Gasteiger partial charge in [0, 0.05) is 37.8 Å². The number of nitrogens with one attached hydrogen (secondary N) is 1. The first-order valence-corrected chi connectivity index (χ1v) is 10.4. The van der Waals surface area contributed by atoms with Crippen molar-refractivity contribution in [2.75, 3.05) is 33.2 Å². The maximum Gasteiger partial charge on any atom is 0.254 e. The maximum atomic E-state index is 12.9. The average Bonchev–Trinajstić information content (AvgIpc) is 3.04. The molecule has 140 valence electrons. The van der Waals surface area contributed by atoms with E-state index < -0.39 is 10.0 Å². The number of benzene rings is 1. The van der Waals surface area contributed by atoms with Crippen molar-refractivity contribution in [1.82, 2.24) is 14.5 Å². The molecule has 0 spiro atoms. The van der Waals surface area contributed by atoms with Crippen LogP contribution in [0.2, 0.25) is 0 Å². The molecule has 7 heteroatoms. The summed E-state index contributed by atoms with van der Waals surface area (Å²) in [5.74, 6) is -0.0891. The Morgan fingerprint density at radius 3 is 2.60 bits per heavy atom. The van der Waals surface area contributed by atoms with Gasteiger partial charge in [-0.25, -0.2) is 8.42 Å². The van der Waals surface area contributed by atoms with Crippen molar-refractivity contribution in [3.63, 3.8) is 0 Å². The molecule has 0 radical (unpaired) electrons. The second kappa shape index (κ2) is 8.29. The molecule has 2 rings (SSSR count). The Balaban J connectivity index is 2.37. The van der Waals surface area contributed by atoms with Gasteiger partial charge in [-0.05, 0) is 44.5 Å². The van der Waals surface area contributed by atoms with Crippen LogP contribution in [0.1, 0.15) is 42.6 Å². The zero-order chi connectivity index (χ0) is 18.6. The molecule has 1 aromatic rings. The molecule has 1 heterocycles. The fourth-order valence-corrected chi connectivity index (χ4v) is 5.14. The number of sulfonamides is 1. The van der Waals surface area contributed by atoms with Crippen LogP contribution >= 0.6 is 0 Å². The highest BCUT2D eigenvalue weighted by Crippen LogP contribution is 2.24. The van der Waals surface area contributed by atoms with Crippen LogP contribution in [-0.4, -0.2) is 62.8 Å². The normalized spacial score (nSPS) is 18.1. The van der Waals surface area contributed by atoms with Crippen LogP contribution in [0.4, 0.5) is 0 Å². The standard InChI is InChI=1S/C18H29N3O3S/c1-5-20(6-2)25(23,24)17-12-15(10-9-14(17)3)18(22)21-11-7-8-16(21)13-19-4/h9-10,12,16,19H,5-8,11,13H2,1-4H3. The molecule has 6 nitrogen and oxygen atoms in total. The van der Waals surface area contributed by atoms with Gasteiger partial charge in [0.1, 0.15) is 0 Å². The smallest absolute Gasteiger partial charge is 0.254 e. The minimum atomic E-state index is -3.58. The summed E-state index contributed by atoms with van der Waals surface area (Å²) in [4.78, 5) is 15.0. The van der Waals surface area contributed by atoms with Crippen molar-refractivity contribution < 1.29 is 13.2 Å². The number of amides is 1. The van der Waals surface area contributed by atoms with E-state index in [2.05, 4.69) is 5.32 Å². The Labute approximate surface area is 151 Å². The Morgan fingerprint density at radius 2 is 2.00 bits per heavy atom. The van der Waals surface area contributed by atoms with E-state index in [-0.39, 0.29) is 16.8 Å². The predicted octanol–water partition coefficient (Wildman–Crippen LogP) is 1.85. The highest BCUT2D eigenvalue weighted by molar-refractivity contribution is 7.89. The summed E-state index contributed by atoms with van der Waals surface area (Å²) >= 11 is 0. The Hall–Kier alpha value is -1.44. The third kappa shape index (κ3) is 4.04. The van der Waals surface area contributed by atoms with Crippen molar-refractivity contribution in [3.8, 4) is 0 Å². The third-order valence-electron chi connectivity index (χ3n) is 4.84. The lowest BCUT2D eigenvalue weighted by molar-refractivity contribution is 0.0737. The molecule has 1 saturated heterocycles. The first-order chi connectivity index (χ1) is 11.9. The molecule has 1 unspecified atom stereocenters. The number of likely N-dealkylation sites (N-methyl/N-ethyl adjacent to an activating group) is 1. The zero-order valence-electron chi connectivity index (χ0n) is 15.6. The van der Waals surface area contributed by atoms with E-state index in [1.165, 1.54) is 4.31 Å². The van der Waals surface area contributed by atoms with Crippen LogP contribution in [0.3, 0.4) is 0 Å². The number of carbonyl (C=O) groups excluding carboxylic acids is 1. The quantitative estimate of drug-likeness (QED) is 0.798. The summed E-state index contributed by atoms with van der Waals surface area (Å²) in [6.45, 7) is 7.69. The van der Waals surface area contributed by atoms with Crippen LogP contribution in [-0.2, 0) is 10.0 Å². The van der Waals surface area contributed by atoms with Gasteiger partial charge in [-0.2, -0.15) is 4.31 Å². The van der Waals surface area contributed by atoms with E-state index in [0.717, 1.165) is 25.9 Å². The molecular formula is C18H29N3O3S. The lowest BCUT2D eigenvalue weighted by atomic mass is 10.1. The summed E-state index contributed by atoms with van der Waals surface area (Å²) in [7, 11) is -1.71. The molecule has 0 aromatic heterocycles. The lowest BCUT2D eigenvalue weighted by Gasteiger charge is -2.25. The van der Waals surface area contributed by atoms with Crippen LogP contribution < -0.4 is 5.32 Å². The van der Waals surface area contributed by atoms with E-state index in [4.69, 9.17) is 0 Å². The van der Waals surface area contributed by atoms with Gasteiger partial charge >= 0.3 is 0 Å². The van der Waals surface area contributed by atoms with Crippen LogP contribution in [0.15, 0.2) is 23.1 Å². The molecule has 1 aromatic carbocycles. The second-order valence-corrected chi connectivity index (χ2v) is 8.33. The van der Waals surface area contributed by atoms with Gasteiger partial charge in [0.05, 0.1) is 4.90 Å². The van der Waals surface area contributed by atoms with Crippen LogP contribution in [0, 0.1) is 6.92 Å². The summed E-state index contributed by atoms with van der Waals surface area (Å²) in [6, 6.07) is 5.17. The molecule has 1 amide bonds. The summed E-state index contributed by atoms with van der Waals surface area (Å²) in [6.07, 6.45) is 1.96. The van der Waals surface area contributed by atoms with Gasteiger partial charge in [-0.3, -0.25) is 4.79 Å². The molecule has 1 atom stereocenters. The van der Waals surface area contributed by atoms with Gasteiger partial charge in [0.2, 0.25) is 10.0 Å². The van der Waals surface area contributed by atoms with Crippen molar-refractivity contribution in [3.05, 3.63) is 29.3 Å². The van der Waals surface area contributed by atoms with Gasteiger partial charge < -0.3 is 10.2 Å². The minimum absolute atomic E-state index is 0.0891. The molecule has 1 N–H and O–H groups in total. The Kier molecular flexibility index (Phi) is 6.59. The fourth-order valence-electron chi connectivity index (χ4n) is 3.43. The number of nitrogens with zero attached hydrogens (tertiary/aromatic N) is 2. The van der Waals surface area contributed by atoms with E-state index in [1.807, 2.05) is 25.8 Å². The van der Waals surface area contributed by atoms with Crippen LogP contribution in [0.5, 0.6) is 0 Å². The third-order valence-corrected chi connectivity index (χ3v) is 7.03. The van der Waals surface area contributed by atoms with Gasteiger partial charge in [0.15, 0.2) is 0 Å². The molecule has 1 fully saturated rings. The zero-order valence-corrected chi connectivity index (χ0v) is 16.4. The Bertz CT molecular complexity index is 714. The van der Waals surface area contributed by atoms with Crippen molar-refractivity contribution in [1.29, 1.82) is 0 Å². The summed E-state index contributed by atoms with van der Waals surface area (Å²) < 4.78 is 27.2. The molecule has 0 aliphatic carbocycles.